The smallest absolute Gasteiger partial charge is 0.189 e. The molecule has 0 amide bonds. The summed E-state index contributed by atoms with van der Waals surface area (Å²) < 4.78 is 5.57. The third-order valence-electron chi connectivity index (χ3n) is 2.19. The van der Waals surface area contributed by atoms with E-state index in [4.69, 9.17) is 10.5 Å². The van der Waals surface area contributed by atoms with E-state index in [1.54, 1.807) is 0 Å². The van der Waals surface area contributed by atoms with Crippen LogP contribution in [0.4, 0.5) is 0 Å². The molecule has 0 aromatic heterocycles. The molecular weight excluding hydrogens is 226 g/mol. The van der Waals surface area contributed by atoms with Gasteiger partial charge in [-0.1, -0.05) is 24.3 Å². The molecule has 0 unspecified atom stereocenters. The first-order chi connectivity index (χ1) is 8.58. The molecule has 98 valence electrons. The van der Waals surface area contributed by atoms with Crippen LogP contribution in [0.15, 0.2) is 41.4 Å². The first-order valence-corrected chi connectivity index (χ1v) is 5.95. The highest BCUT2D eigenvalue weighted by molar-refractivity contribution is 5.77. The number of nitrogens with one attached hydrogen (secondary N) is 1. The molecule has 0 aliphatic rings. The molecule has 0 saturated heterocycles. The lowest BCUT2D eigenvalue weighted by atomic mass is 10.2. The Kier molecular flexibility index (Phi) is 5.77. The van der Waals surface area contributed by atoms with Crippen molar-refractivity contribution >= 4 is 5.96 Å². The molecule has 0 aliphatic heterocycles. The Morgan fingerprint density at radius 1 is 1.50 bits per heavy atom. The van der Waals surface area contributed by atoms with Gasteiger partial charge in [-0.3, -0.25) is 0 Å². The van der Waals surface area contributed by atoms with Crippen molar-refractivity contribution in [3.63, 3.8) is 0 Å². The Bertz CT molecular complexity index is 427. The van der Waals surface area contributed by atoms with Gasteiger partial charge in [0.1, 0.15) is 12.4 Å². The topological polar surface area (TPSA) is 59.6 Å². The first kappa shape index (κ1) is 14.1. The number of guanidine groups is 1. The highest BCUT2D eigenvalue weighted by atomic mass is 16.5. The summed E-state index contributed by atoms with van der Waals surface area (Å²) in [4.78, 5) is 4.11. The summed E-state index contributed by atoms with van der Waals surface area (Å²) >= 11 is 0. The molecule has 0 spiro atoms. The number of aliphatic imine (C=N–C) groups is 1. The van der Waals surface area contributed by atoms with Crippen molar-refractivity contribution in [1.82, 2.24) is 5.32 Å². The fraction of sp³-hybridized carbons (Fsp3) is 0.357. The van der Waals surface area contributed by atoms with Crippen LogP contribution in [-0.4, -0.2) is 25.7 Å². The quantitative estimate of drug-likeness (QED) is 0.349. The zero-order valence-electron chi connectivity index (χ0n) is 11.1. The van der Waals surface area contributed by atoms with Crippen LogP contribution in [0.2, 0.25) is 0 Å². The second-order valence-corrected chi connectivity index (χ2v) is 4.25. The van der Waals surface area contributed by atoms with Crippen LogP contribution >= 0.6 is 0 Å². The fourth-order valence-corrected chi connectivity index (χ4v) is 1.33. The maximum absolute atomic E-state index is 5.67. The minimum atomic E-state index is 0.422. The van der Waals surface area contributed by atoms with Crippen LogP contribution in [0.3, 0.4) is 0 Å². The summed E-state index contributed by atoms with van der Waals surface area (Å²) in [5.74, 6) is 1.29. The molecule has 3 N–H and O–H groups in total. The molecule has 1 aromatic rings. The van der Waals surface area contributed by atoms with E-state index in [0.717, 1.165) is 11.3 Å². The number of hydrogen-bond donors (Lipinski definition) is 2. The van der Waals surface area contributed by atoms with Gasteiger partial charge in [0.15, 0.2) is 5.96 Å². The monoisotopic (exact) mass is 247 g/mol. The lowest BCUT2D eigenvalue weighted by Crippen LogP contribution is -2.34. The molecule has 1 aromatic carbocycles. The summed E-state index contributed by atoms with van der Waals surface area (Å²) in [5.41, 5.74) is 7.83. The molecule has 0 fully saturated rings. The highest BCUT2D eigenvalue weighted by Crippen LogP contribution is 2.11. The lowest BCUT2D eigenvalue weighted by molar-refractivity contribution is 0.322. The van der Waals surface area contributed by atoms with Gasteiger partial charge in [-0.15, -0.1) is 0 Å². The van der Waals surface area contributed by atoms with Gasteiger partial charge >= 0.3 is 0 Å². The molecule has 0 radical (unpaired) electrons. The summed E-state index contributed by atoms with van der Waals surface area (Å²) in [5, 5.41) is 2.98. The number of benzene rings is 1. The lowest BCUT2D eigenvalue weighted by Gasteiger charge is -2.08. The Hall–Kier alpha value is -1.97. The molecular formula is C14H21N3O. The largest absolute Gasteiger partial charge is 0.492 e. The van der Waals surface area contributed by atoms with Crippen LogP contribution in [0.1, 0.15) is 12.5 Å². The number of nitrogens with zero attached hydrogens (tertiary/aromatic N) is 1. The standard InChI is InChI=1S/C14H21N3O/c1-11(2)10-17-14(15)16-7-8-18-13-6-4-5-12(3)9-13/h4-6,9H,1,7-8,10H2,2-3H3,(H3,15,16,17). The number of ether oxygens (including phenoxy) is 1. The molecule has 0 atom stereocenters. The van der Waals surface area contributed by atoms with E-state index in [2.05, 4.69) is 16.9 Å². The van der Waals surface area contributed by atoms with Gasteiger partial charge < -0.3 is 15.8 Å². The molecule has 0 aliphatic carbocycles. The van der Waals surface area contributed by atoms with Crippen LogP contribution in [0, 0.1) is 6.92 Å². The molecule has 0 saturated carbocycles. The maximum Gasteiger partial charge on any atom is 0.189 e. The van der Waals surface area contributed by atoms with Gasteiger partial charge in [0.25, 0.3) is 0 Å². The van der Waals surface area contributed by atoms with Crippen LogP contribution < -0.4 is 15.8 Å². The second-order valence-electron chi connectivity index (χ2n) is 4.25. The Morgan fingerprint density at radius 3 is 2.94 bits per heavy atom. The fourth-order valence-electron chi connectivity index (χ4n) is 1.33. The highest BCUT2D eigenvalue weighted by Gasteiger charge is 1.95. The molecule has 4 heteroatoms. The Labute approximate surface area is 109 Å². The van der Waals surface area contributed by atoms with E-state index in [-0.39, 0.29) is 0 Å². The molecule has 0 heterocycles. The van der Waals surface area contributed by atoms with Gasteiger partial charge in [0.05, 0.1) is 13.1 Å². The average molecular weight is 247 g/mol. The normalized spacial score (nSPS) is 11.1. The van der Waals surface area contributed by atoms with Crippen molar-refractivity contribution in [3.8, 4) is 5.75 Å². The Balaban J connectivity index is 2.22. The van der Waals surface area contributed by atoms with E-state index in [9.17, 15) is 0 Å². The molecule has 0 bridgehead atoms. The van der Waals surface area contributed by atoms with Gasteiger partial charge in [-0.05, 0) is 31.5 Å². The predicted octanol–water partition coefficient (Wildman–Crippen LogP) is 1.85. The van der Waals surface area contributed by atoms with Crippen molar-refractivity contribution in [1.29, 1.82) is 0 Å². The van der Waals surface area contributed by atoms with Crippen LogP contribution in [0.25, 0.3) is 0 Å². The number of rotatable bonds is 6. The minimum Gasteiger partial charge on any atom is -0.492 e. The maximum atomic E-state index is 5.67. The van der Waals surface area contributed by atoms with Crippen LogP contribution in [-0.2, 0) is 0 Å². The van der Waals surface area contributed by atoms with E-state index >= 15 is 0 Å². The third kappa shape index (κ3) is 5.94. The minimum absolute atomic E-state index is 0.422. The van der Waals surface area contributed by atoms with Gasteiger partial charge in [0.2, 0.25) is 0 Å². The SMILES string of the molecule is C=C(C)CN=C(N)NCCOc1cccc(C)c1. The number of nitrogens with two attached hydrogens (primary N) is 1. The molecule has 1 rings (SSSR count). The third-order valence-corrected chi connectivity index (χ3v) is 2.19. The number of aryl methyl sites for hydroxylation is 1. The van der Waals surface area contributed by atoms with E-state index in [1.807, 2.05) is 38.1 Å². The summed E-state index contributed by atoms with van der Waals surface area (Å²) in [6.07, 6.45) is 0. The second kappa shape index (κ2) is 7.37. The first-order valence-electron chi connectivity index (χ1n) is 5.95. The van der Waals surface area contributed by atoms with Crippen molar-refractivity contribution < 1.29 is 4.74 Å². The Morgan fingerprint density at radius 2 is 2.28 bits per heavy atom. The van der Waals surface area contributed by atoms with Crippen LogP contribution in [0.5, 0.6) is 5.75 Å². The molecule has 4 nitrogen and oxygen atoms in total. The van der Waals surface area contributed by atoms with E-state index < -0.39 is 0 Å². The summed E-state index contributed by atoms with van der Waals surface area (Å²) in [7, 11) is 0. The van der Waals surface area contributed by atoms with Crippen molar-refractivity contribution in [2.45, 2.75) is 13.8 Å². The van der Waals surface area contributed by atoms with E-state index in [1.165, 1.54) is 5.56 Å². The van der Waals surface area contributed by atoms with Gasteiger partial charge in [-0.2, -0.15) is 0 Å². The zero-order chi connectivity index (χ0) is 13.4. The van der Waals surface area contributed by atoms with Crippen molar-refractivity contribution in [3.05, 3.63) is 42.0 Å². The van der Waals surface area contributed by atoms with Crippen molar-refractivity contribution in [2.75, 3.05) is 19.7 Å². The summed E-state index contributed by atoms with van der Waals surface area (Å²) in [6, 6.07) is 7.94. The van der Waals surface area contributed by atoms with E-state index in [0.29, 0.717) is 25.7 Å². The van der Waals surface area contributed by atoms with Gasteiger partial charge in [-0.25, -0.2) is 4.99 Å². The average Bonchev–Trinajstić information content (AvgIpc) is 2.32. The van der Waals surface area contributed by atoms with Gasteiger partial charge in [0, 0.05) is 0 Å². The van der Waals surface area contributed by atoms with Crippen molar-refractivity contribution in [2.24, 2.45) is 10.7 Å². The zero-order valence-corrected chi connectivity index (χ0v) is 11.1. The molecule has 18 heavy (non-hydrogen) atoms. The summed E-state index contributed by atoms with van der Waals surface area (Å²) in [6.45, 7) is 9.43. The number of hydrogen-bond acceptors (Lipinski definition) is 2. The predicted molar refractivity (Wildman–Crippen MR) is 76.0 cm³/mol.